The van der Waals surface area contributed by atoms with E-state index in [2.05, 4.69) is 73.6 Å². The van der Waals surface area contributed by atoms with Crippen LogP contribution in [0.2, 0.25) is 0 Å². The van der Waals surface area contributed by atoms with Crippen LogP contribution in [0.3, 0.4) is 0 Å². The minimum absolute atomic E-state index is 0.265. The second-order valence-corrected chi connectivity index (χ2v) is 8.66. The summed E-state index contributed by atoms with van der Waals surface area (Å²) in [5, 5.41) is 9.94. The third-order valence-corrected chi connectivity index (χ3v) is 6.16. The fourth-order valence-electron chi connectivity index (χ4n) is 4.52. The van der Waals surface area contributed by atoms with Crippen LogP contribution < -0.4 is 4.90 Å². The van der Waals surface area contributed by atoms with Crippen LogP contribution in [0.4, 0.5) is 5.82 Å². The van der Waals surface area contributed by atoms with Crippen molar-refractivity contribution in [2.75, 3.05) is 24.5 Å². The molecular formula is C27H30N4. The van der Waals surface area contributed by atoms with E-state index in [-0.39, 0.29) is 5.92 Å². The average molecular weight is 411 g/mol. The second-order valence-electron chi connectivity index (χ2n) is 8.66. The van der Waals surface area contributed by atoms with Crippen molar-refractivity contribution in [3.63, 3.8) is 0 Å². The van der Waals surface area contributed by atoms with Crippen LogP contribution in [0.1, 0.15) is 44.4 Å². The number of anilines is 1. The van der Waals surface area contributed by atoms with E-state index in [0.717, 1.165) is 54.4 Å². The molecule has 158 valence electrons. The lowest BCUT2D eigenvalue weighted by Crippen LogP contribution is -2.51. The van der Waals surface area contributed by atoms with Crippen LogP contribution >= 0.6 is 0 Å². The molecule has 1 aromatic heterocycles. The van der Waals surface area contributed by atoms with Gasteiger partial charge in [-0.15, -0.1) is 0 Å². The molecule has 2 heterocycles. The summed E-state index contributed by atoms with van der Waals surface area (Å²) in [6.07, 6.45) is 7.55. The van der Waals surface area contributed by atoms with Gasteiger partial charge in [0.25, 0.3) is 0 Å². The molecule has 0 spiro atoms. The molecule has 1 unspecified atom stereocenters. The normalized spacial score (nSPS) is 18.3. The molecule has 0 saturated carbocycles. The van der Waals surface area contributed by atoms with Crippen molar-refractivity contribution >= 4 is 5.82 Å². The number of hydrogen-bond donors (Lipinski definition) is 0. The van der Waals surface area contributed by atoms with Gasteiger partial charge in [0, 0.05) is 36.9 Å². The molecule has 4 heteroatoms. The molecule has 2 aromatic rings. The highest BCUT2D eigenvalue weighted by molar-refractivity contribution is 5.72. The van der Waals surface area contributed by atoms with Crippen molar-refractivity contribution in [1.29, 1.82) is 5.26 Å². The quantitative estimate of drug-likeness (QED) is 0.638. The monoisotopic (exact) mass is 410 g/mol. The van der Waals surface area contributed by atoms with Gasteiger partial charge in [-0.1, -0.05) is 69.0 Å². The van der Waals surface area contributed by atoms with Crippen LogP contribution in [-0.4, -0.2) is 35.6 Å². The van der Waals surface area contributed by atoms with Gasteiger partial charge in [0.15, 0.2) is 0 Å². The lowest BCUT2D eigenvalue weighted by Gasteiger charge is -2.43. The summed E-state index contributed by atoms with van der Waals surface area (Å²) >= 11 is 0. The first kappa shape index (κ1) is 20.9. The second kappa shape index (κ2) is 8.81. The SMILES string of the molecule is C=C(C1=CCC=C1)N1CCN(c2nc(C(C)C)c(-c3ccccc3)cc2C#N)CC1C. The topological polar surface area (TPSA) is 43.2 Å². The summed E-state index contributed by atoms with van der Waals surface area (Å²) in [4.78, 5) is 9.72. The molecule has 2 aliphatic rings. The molecule has 1 atom stereocenters. The summed E-state index contributed by atoms with van der Waals surface area (Å²) in [5.74, 6) is 1.07. The lowest BCUT2D eigenvalue weighted by atomic mass is 9.95. The summed E-state index contributed by atoms with van der Waals surface area (Å²) in [7, 11) is 0. The number of rotatable bonds is 5. The minimum atomic E-state index is 0.265. The predicted octanol–water partition coefficient (Wildman–Crippen LogP) is 5.65. The van der Waals surface area contributed by atoms with E-state index in [1.165, 1.54) is 5.57 Å². The van der Waals surface area contributed by atoms with E-state index >= 15 is 0 Å². The Morgan fingerprint density at radius 1 is 1.23 bits per heavy atom. The Morgan fingerprint density at radius 3 is 2.61 bits per heavy atom. The van der Waals surface area contributed by atoms with Crippen molar-refractivity contribution in [1.82, 2.24) is 9.88 Å². The third-order valence-electron chi connectivity index (χ3n) is 6.16. The Kier molecular flexibility index (Phi) is 5.95. The summed E-state index contributed by atoms with van der Waals surface area (Å²) in [6, 6.07) is 15.0. The Hall–Kier alpha value is -3.32. The van der Waals surface area contributed by atoms with Gasteiger partial charge in [-0.3, -0.25) is 0 Å². The van der Waals surface area contributed by atoms with E-state index in [4.69, 9.17) is 4.98 Å². The van der Waals surface area contributed by atoms with Gasteiger partial charge in [-0.2, -0.15) is 5.26 Å². The Balaban J connectivity index is 1.64. The maximum Gasteiger partial charge on any atom is 0.147 e. The molecule has 1 aromatic carbocycles. The van der Waals surface area contributed by atoms with Crippen LogP contribution in [0.25, 0.3) is 11.1 Å². The van der Waals surface area contributed by atoms with Gasteiger partial charge < -0.3 is 9.80 Å². The van der Waals surface area contributed by atoms with Gasteiger partial charge in [0.05, 0.1) is 11.3 Å². The zero-order valence-electron chi connectivity index (χ0n) is 18.7. The first-order valence-corrected chi connectivity index (χ1v) is 11.1. The molecule has 0 amide bonds. The number of nitriles is 1. The first-order chi connectivity index (χ1) is 15.0. The number of pyridine rings is 1. The summed E-state index contributed by atoms with van der Waals surface area (Å²) < 4.78 is 0. The minimum Gasteiger partial charge on any atom is -0.365 e. The fraction of sp³-hybridized carbons (Fsp3) is 0.333. The molecule has 1 aliphatic carbocycles. The van der Waals surface area contributed by atoms with Gasteiger partial charge in [-0.25, -0.2) is 4.98 Å². The number of hydrogen-bond acceptors (Lipinski definition) is 4. The van der Waals surface area contributed by atoms with Gasteiger partial charge in [0.1, 0.15) is 11.9 Å². The van der Waals surface area contributed by atoms with E-state index in [1.54, 1.807) is 0 Å². The Morgan fingerprint density at radius 2 is 2.00 bits per heavy atom. The van der Waals surface area contributed by atoms with Crippen LogP contribution in [0, 0.1) is 11.3 Å². The van der Waals surface area contributed by atoms with Gasteiger partial charge in [0.2, 0.25) is 0 Å². The smallest absolute Gasteiger partial charge is 0.147 e. The highest BCUT2D eigenvalue weighted by Crippen LogP contribution is 2.34. The van der Waals surface area contributed by atoms with Gasteiger partial charge >= 0.3 is 0 Å². The maximum absolute atomic E-state index is 9.94. The molecule has 0 N–H and O–H groups in total. The molecule has 31 heavy (non-hydrogen) atoms. The zero-order chi connectivity index (χ0) is 22.0. The number of nitrogens with zero attached hydrogens (tertiary/aromatic N) is 4. The number of piperazine rings is 1. The standard InChI is InChI=1S/C27H30N4/c1-19(2)26-25(23-12-6-5-7-13-23)16-24(17-28)27(29-26)30-14-15-31(20(3)18-30)21(4)22-10-8-9-11-22/h5-8,10-13,16,19-20H,4,9,14-15,18H2,1-3H3. The zero-order valence-corrected chi connectivity index (χ0v) is 18.7. The van der Waals surface area contributed by atoms with Crippen molar-refractivity contribution in [2.24, 2.45) is 0 Å². The highest BCUT2D eigenvalue weighted by Gasteiger charge is 2.28. The van der Waals surface area contributed by atoms with Crippen molar-refractivity contribution in [2.45, 2.75) is 39.2 Å². The molecule has 4 rings (SSSR count). The molecule has 1 saturated heterocycles. The fourth-order valence-corrected chi connectivity index (χ4v) is 4.52. The predicted molar refractivity (Wildman–Crippen MR) is 128 cm³/mol. The summed E-state index contributed by atoms with van der Waals surface area (Å²) in [5.41, 5.74) is 6.16. The molecule has 4 nitrogen and oxygen atoms in total. The largest absolute Gasteiger partial charge is 0.365 e. The van der Waals surface area contributed by atoms with Crippen molar-refractivity contribution < 1.29 is 0 Å². The highest BCUT2D eigenvalue weighted by atomic mass is 15.3. The van der Waals surface area contributed by atoms with Gasteiger partial charge in [-0.05, 0) is 36.5 Å². The maximum atomic E-state index is 9.94. The molecule has 0 bridgehead atoms. The Bertz CT molecular complexity index is 1070. The third kappa shape index (κ3) is 4.14. The first-order valence-electron chi connectivity index (χ1n) is 11.1. The molecule has 0 radical (unpaired) electrons. The average Bonchev–Trinajstić information content (AvgIpc) is 3.33. The summed E-state index contributed by atoms with van der Waals surface area (Å²) in [6.45, 7) is 13.4. The lowest BCUT2D eigenvalue weighted by molar-refractivity contribution is 0.248. The number of allylic oxidation sites excluding steroid dienone is 3. The Labute approximate surface area is 185 Å². The molecule has 1 fully saturated rings. The number of benzene rings is 1. The van der Waals surface area contributed by atoms with Crippen molar-refractivity contribution in [3.05, 3.63) is 83.7 Å². The van der Waals surface area contributed by atoms with Crippen LogP contribution in [-0.2, 0) is 0 Å². The van der Waals surface area contributed by atoms with Crippen LogP contribution in [0.15, 0.2) is 72.5 Å². The van der Waals surface area contributed by atoms with E-state index in [0.29, 0.717) is 11.6 Å². The van der Waals surface area contributed by atoms with Crippen molar-refractivity contribution in [3.8, 4) is 17.2 Å². The van der Waals surface area contributed by atoms with E-state index < -0.39 is 0 Å². The van der Waals surface area contributed by atoms with E-state index in [1.807, 2.05) is 24.3 Å². The molecule has 1 aliphatic heterocycles. The van der Waals surface area contributed by atoms with E-state index in [9.17, 15) is 5.26 Å². The number of aromatic nitrogens is 1. The molecular weight excluding hydrogens is 380 g/mol. The van der Waals surface area contributed by atoms with Crippen LogP contribution in [0.5, 0.6) is 0 Å².